The van der Waals surface area contributed by atoms with Gasteiger partial charge in [0.2, 0.25) is 11.8 Å². The molecule has 12 nitrogen and oxygen atoms in total. The Morgan fingerprint density at radius 2 is 1.50 bits per heavy atom. The van der Waals surface area contributed by atoms with Gasteiger partial charge in [0.15, 0.2) is 11.6 Å². The second-order valence-corrected chi connectivity index (χ2v) is 17.3. The maximum atomic E-state index is 14.7. The fourth-order valence-corrected chi connectivity index (χ4v) is 8.11. The number of amides is 2. The van der Waals surface area contributed by atoms with E-state index in [4.69, 9.17) is 20.9 Å². The zero-order chi connectivity index (χ0) is 44.2. The first-order valence-electron chi connectivity index (χ1n) is 21.8. The van der Waals surface area contributed by atoms with Crippen molar-refractivity contribution >= 4 is 46.7 Å². The van der Waals surface area contributed by atoms with Gasteiger partial charge in [0, 0.05) is 74.7 Å². The van der Waals surface area contributed by atoms with Gasteiger partial charge in [0.05, 0.1) is 6.04 Å². The summed E-state index contributed by atoms with van der Waals surface area (Å²) in [6.45, 7) is 7.81. The molecule has 0 aliphatic carbocycles. The number of carbonyl (C=O) groups excluding carboxylic acids is 6. The second-order valence-electron chi connectivity index (χ2n) is 16.3. The van der Waals surface area contributed by atoms with Gasteiger partial charge in [-0.2, -0.15) is 11.8 Å². The lowest BCUT2D eigenvalue weighted by Gasteiger charge is -2.32. The van der Waals surface area contributed by atoms with Gasteiger partial charge in [-0.05, 0) is 73.6 Å². The first kappa shape index (κ1) is 50.3. The summed E-state index contributed by atoms with van der Waals surface area (Å²) in [4.78, 5) is 83.8. The molecule has 1 aliphatic heterocycles. The molecule has 2 amide bonds. The maximum absolute atomic E-state index is 14.7. The van der Waals surface area contributed by atoms with Crippen LogP contribution in [0, 0.1) is 17.8 Å². The number of hydrogen-bond donors (Lipinski definition) is 3. The minimum absolute atomic E-state index is 0.0365. The third-order valence-corrected chi connectivity index (χ3v) is 11.9. The molecule has 0 saturated carbocycles. The van der Waals surface area contributed by atoms with E-state index in [1.54, 1.807) is 50.9 Å². The molecule has 3 rings (SSSR count). The molecule has 5 N–H and O–H groups in total. The van der Waals surface area contributed by atoms with E-state index in [-0.39, 0.29) is 81.0 Å². The summed E-state index contributed by atoms with van der Waals surface area (Å²) in [5, 5.41) is 2.89. The number of thioether (sulfide) groups is 1. The molecule has 60 heavy (non-hydrogen) atoms. The fraction of sp³-hybridized carbons (Fsp3) is 0.617. The monoisotopic (exact) mass is 850 g/mol. The smallest absolute Gasteiger partial charge is 0.226 e. The van der Waals surface area contributed by atoms with Crippen LogP contribution < -0.4 is 26.3 Å². The molecule has 4 bridgehead atoms. The number of nitrogens with zero attached hydrogens (tertiary/aromatic N) is 1. The number of carbonyl (C=O) groups is 6. The number of ketones is 4. The van der Waals surface area contributed by atoms with E-state index in [0.717, 1.165) is 25.7 Å². The van der Waals surface area contributed by atoms with Crippen molar-refractivity contribution in [2.75, 3.05) is 45.4 Å². The Hall–Kier alpha value is -4.07. The number of benzene rings is 2. The van der Waals surface area contributed by atoms with Crippen molar-refractivity contribution < 1.29 is 38.2 Å². The Balaban J connectivity index is 2.15. The average Bonchev–Trinajstić information content (AvgIpc) is 3.22. The van der Waals surface area contributed by atoms with E-state index in [9.17, 15) is 28.8 Å². The predicted molar refractivity (Wildman–Crippen MR) is 239 cm³/mol. The Labute approximate surface area is 362 Å². The van der Waals surface area contributed by atoms with E-state index in [1.807, 2.05) is 24.5 Å². The van der Waals surface area contributed by atoms with Crippen LogP contribution >= 0.6 is 11.8 Å². The van der Waals surface area contributed by atoms with Gasteiger partial charge in [0.25, 0.3) is 0 Å². The largest absolute Gasteiger partial charge is 0.492 e. The lowest BCUT2D eigenvalue weighted by molar-refractivity contribution is -0.143. The molecule has 0 radical (unpaired) electrons. The van der Waals surface area contributed by atoms with Crippen LogP contribution in [0.3, 0.4) is 0 Å². The SMILES string of the molecule is CCCCCCCCCC(=O)C[C@@H](CCSC)C(=O)N(C)[C@@H]1C(=O)C[C@@H](C)C(=O)N[C@H](C(=O)C[C@@H](C)C(C)=O)Cc2ccc(OCCN)c(c2)-c2cc1ccc2OCCN. The highest BCUT2D eigenvalue weighted by atomic mass is 32.2. The molecule has 2 aromatic carbocycles. The van der Waals surface area contributed by atoms with Crippen LogP contribution in [-0.2, 0) is 35.2 Å². The molecule has 13 heteroatoms. The zero-order valence-corrected chi connectivity index (χ0v) is 37.7. The number of hydrogen-bond acceptors (Lipinski definition) is 11. The summed E-state index contributed by atoms with van der Waals surface area (Å²) < 4.78 is 12.3. The molecule has 0 fully saturated rings. The maximum Gasteiger partial charge on any atom is 0.226 e. The van der Waals surface area contributed by atoms with Crippen molar-refractivity contribution in [3.8, 4) is 22.6 Å². The minimum atomic E-state index is -1.13. The van der Waals surface area contributed by atoms with Crippen LogP contribution in [-0.4, -0.2) is 91.2 Å². The molecule has 1 heterocycles. The molecule has 2 aromatic rings. The van der Waals surface area contributed by atoms with Crippen molar-refractivity contribution in [3.63, 3.8) is 0 Å². The van der Waals surface area contributed by atoms with Gasteiger partial charge in [-0.1, -0.05) is 71.4 Å². The highest BCUT2D eigenvalue weighted by Crippen LogP contribution is 2.41. The molecule has 0 unspecified atom stereocenters. The standard InChI is InChI=1S/C47H70N4O8S/c1-7-8-9-10-11-12-13-14-37(53)29-36(19-24-60-6)47(57)51(5)45-35-16-18-44(59-23-21-49)39(30-35)38-27-34(15-17-43(38)58-22-20-48)28-40(41(54)25-31(2)33(4)52)50-46(56)32(3)26-42(45)55/h15-18,27,30-32,36,40,45H,7-14,19-26,28-29,48-49H2,1-6H3,(H,50,56)/t31-,32-,36-,40+,45+/m1/s1. The number of Topliss-reactive ketones (excluding diaryl/α,β-unsaturated/α-hetero) is 4. The van der Waals surface area contributed by atoms with E-state index < -0.39 is 35.7 Å². The lowest BCUT2D eigenvalue weighted by atomic mass is 9.88. The van der Waals surface area contributed by atoms with Crippen molar-refractivity contribution in [3.05, 3.63) is 47.5 Å². The van der Waals surface area contributed by atoms with Crippen molar-refractivity contribution in [1.82, 2.24) is 10.2 Å². The van der Waals surface area contributed by atoms with E-state index in [0.29, 0.717) is 52.3 Å². The summed E-state index contributed by atoms with van der Waals surface area (Å²) in [6.07, 6.45) is 10.3. The summed E-state index contributed by atoms with van der Waals surface area (Å²) in [7, 11) is 1.59. The molecule has 332 valence electrons. The average molecular weight is 851 g/mol. The Morgan fingerprint density at radius 1 is 0.883 bits per heavy atom. The zero-order valence-electron chi connectivity index (χ0n) is 36.9. The summed E-state index contributed by atoms with van der Waals surface area (Å²) in [5.74, 6) is -2.05. The van der Waals surface area contributed by atoms with E-state index in [1.165, 1.54) is 31.1 Å². The van der Waals surface area contributed by atoms with Gasteiger partial charge in [0.1, 0.15) is 42.3 Å². The molecule has 0 aromatic heterocycles. The summed E-state index contributed by atoms with van der Waals surface area (Å²) >= 11 is 1.59. The van der Waals surface area contributed by atoms with Crippen molar-refractivity contribution in [2.45, 2.75) is 123 Å². The van der Waals surface area contributed by atoms with Gasteiger partial charge in [-0.15, -0.1) is 0 Å². The van der Waals surface area contributed by atoms with Gasteiger partial charge >= 0.3 is 0 Å². The summed E-state index contributed by atoms with van der Waals surface area (Å²) in [5.41, 5.74) is 14.1. The molecule has 5 atom stereocenters. The first-order chi connectivity index (χ1) is 28.8. The van der Waals surface area contributed by atoms with E-state index >= 15 is 0 Å². The molecule has 0 saturated heterocycles. The topological polar surface area (TPSA) is 188 Å². The third-order valence-electron chi connectivity index (χ3n) is 11.3. The predicted octanol–water partition coefficient (Wildman–Crippen LogP) is 6.82. The van der Waals surface area contributed by atoms with Crippen molar-refractivity contribution in [2.24, 2.45) is 29.2 Å². The normalized spacial score (nSPS) is 17.8. The van der Waals surface area contributed by atoms with Gasteiger partial charge in [-0.3, -0.25) is 28.8 Å². The number of ether oxygens (including phenoxy) is 2. The highest BCUT2D eigenvalue weighted by Gasteiger charge is 2.36. The number of fused-ring (bicyclic) bond motifs is 5. The van der Waals surface area contributed by atoms with Gasteiger partial charge in [-0.25, -0.2) is 0 Å². The number of likely N-dealkylation sites (N-methyl/N-ethyl adjacent to an activating group) is 1. The number of nitrogens with one attached hydrogen (secondary N) is 1. The Morgan fingerprint density at radius 3 is 2.12 bits per heavy atom. The molecule has 1 aliphatic rings. The number of nitrogens with two attached hydrogens (primary N) is 2. The van der Waals surface area contributed by atoms with Crippen LogP contribution in [0.2, 0.25) is 0 Å². The first-order valence-corrected chi connectivity index (χ1v) is 23.2. The lowest BCUT2D eigenvalue weighted by Crippen LogP contribution is -2.46. The van der Waals surface area contributed by atoms with Crippen LogP contribution in [0.4, 0.5) is 0 Å². The summed E-state index contributed by atoms with van der Waals surface area (Å²) in [6, 6.07) is 8.63. The van der Waals surface area contributed by atoms with Crippen LogP contribution in [0.5, 0.6) is 11.5 Å². The molecule has 0 spiro atoms. The van der Waals surface area contributed by atoms with Crippen LogP contribution in [0.15, 0.2) is 36.4 Å². The number of unbranched alkanes of at least 4 members (excludes halogenated alkanes) is 6. The molecular formula is C47H70N4O8S. The van der Waals surface area contributed by atoms with Crippen LogP contribution in [0.1, 0.15) is 122 Å². The van der Waals surface area contributed by atoms with Crippen molar-refractivity contribution in [1.29, 1.82) is 0 Å². The Kier molecular flexibility index (Phi) is 22.0. The highest BCUT2D eigenvalue weighted by molar-refractivity contribution is 7.98. The number of rotatable bonds is 25. The second kappa shape index (κ2) is 26.3. The van der Waals surface area contributed by atoms with E-state index in [2.05, 4.69) is 12.2 Å². The third kappa shape index (κ3) is 15.4. The van der Waals surface area contributed by atoms with Crippen LogP contribution in [0.25, 0.3) is 11.1 Å². The Bertz CT molecular complexity index is 1750. The minimum Gasteiger partial charge on any atom is -0.492 e. The van der Waals surface area contributed by atoms with Gasteiger partial charge < -0.3 is 31.2 Å². The fourth-order valence-electron chi connectivity index (χ4n) is 7.59. The molecular weight excluding hydrogens is 781 g/mol. The quantitative estimate of drug-likeness (QED) is 0.0890.